The van der Waals surface area contributed by atoms with Crippen LogP contribution in [0, 0.1) is 5.92 Å². The van der Waals surface area contributed by atoms with Gasteiger partial charge in [0, 0.05) is 24.8 Å². The average Bonchev–Trinajstić information content (AvgIpc) is 3.19. The minimum absolute atomic E-state index is 0.313. The van der Waals surface area contributed by atoms with E-state index in [0.29, 0.717) is 24.7 Å². The van der Waals surface area contributed by atoms with Crippen LogP contribution in [-0.4, -0.2) is 34.1 Å². The van der Waals surface area contributed by atoms with Crippen LogP contribution in [0.1, 0.15) is 63.2 Å². The minimum Gasteiger partial charge on any atom is -0.330 e. The Morgan fingerprint density at radius 2 is 2.20 bits per heavy atom. The topological polar surface area (TPSA) is 47.1 Å². The molecule has 3 unspecified atom stereocenters. The molecule has 0 aliphatic heterocycles. The van der Waals surface area contributed by atoms with Gasteiger partial charge in [-0.15, -0.1) is 0 Å². The molecule has 2 aliphatic carbocycles. The van der Waals surface area contributed by atoms with Crippen LogP contribution in [0.2, 0.25) is 0 Å². The number of aromatic nitrogens is 2. The van der Waals surface area contributed by atoms with Gasteiger partial charge in [0.05, 0.1) is 18.1 Å². The summed E-state index contributed by atoms with van der Waals surface area (Å²) < 4.78 is 2.36. The predicted molar refractivity (Wildman–Crippen MR) is 81.5 cm³/mol. The monoisotopic (exact) mass is 276 g/mol. The molecule has 0 bridgehead atoms. The fraction of sp³-hybridized carbons (Fsp3) is 0.812. The molecule has 112 valence electrons. The van der Waals surface area contributed by atoms with Crippen LogP contribution < -0.4 is 5.73 Å². The molecule has 0 saturated heterocycles. The van der Waals surface area contributed by atoms with Crippen LogP contribution in [0.5, 0.6) is 0 Å². The zero-order valence-corrected chi connectivity index (χ0v) is 12.8. The van der Waals surface area contributed by atoms with E-state index < -0.39 is 0 Å². The van der Waals surface area contributed by atoms with Crippen LogP contribution in [-0.2, 0) is 0 Å². The van der Waals surface area contributed by atoms with Crippen molar-refractivity contribution in [3.8, 4) is 0 Å². The van der Waals surface area contributed by atoms with Gasteiger partial charge in [-0.2, -0.15) is 0 Å². The van der Waals surface area contributed by atoms with Crippen LogP contribution in [0.25, 0.3) is 0 Å². The highest BCUT2D eigenvalue weighted by Crippen LogP contribution is 2.38. The predicted octanol–water partition coefficient (Wildman–Crippen LogP) is 2.73. The van der Waals surface area contributed by atoms with Crippen LogP contribution >= 0.6 is 0 Å². The molecule has 3 rings (SSSR count). The summed E-state index contributed by atoms with van der Waals surface area (Å²) in [6.07, 6.45) is 12.0. The Labute approximate surface area is 122 Å². The summed E-state index contributed by atoms with van der Waals surface area (Å²) in [4.78, 5) is 6.89. The van der Waals surface area contributed by atoms with Crippen molar-refractivity contribution in [3.05, 3.63) is 18.2 Å². The smallest absolute Gasteiger partial charge is 0.0951 e. The molecule has 0 spiro atoms. The molecule has 0 radical (unpaired) electrons. The first-order valence-electron chi connectivity index (χ1n) is 8.14. The molecule has 0 amide bonds. The Morgan fingerprint density at radius 1 is 1.40 bits per heavy atom. The van der Waals surface area contributed by atoms with E-state index in [0.717, 1.165) is 5.92 Å². The van der Waals surface area contributed by atoms with Gasteiger partial charge in [-0.05, 0) is 38.6 Å². The molecule has 1 heterocycles. The first kappa shape index (κ1) is 14.1. The summed E-state index contributed by atoms with van der Waals surface area (Å²) in [6, 6.07) is 1.67. The molecule has 1 aromatic heterocycles. The molecule has 2 saturated carbocycles. The third-order valence-corrected chi connectivity index (χ3v) is 5.18. The van der Waals surface area contributed by atoms with Gasteiger partial charge in [-0.25, -0.2) is 4.98 Å². The molecular weight excluding hydrogens is 248 g/mol. The van der Waals surface area contributed by atoms with E-state index in [-0.39, 0.29) is 0 Å². The largest absolute Gasteiger partial charge is 0.330 e. The fourth-order valence-electron chi connectivity index (χ4n) is 3.75. The highest BCUT2D eigenvalue weighted by Gasteiger charge is 2.32. The number of hydrogen-bond acceptors (Lipinski definition) is 3. The second-order valence-electron chi connectivity index (χ2n) is 6.80. The SMILES string of the molecule is CC1CCCC(N(C)C(CN)c2cncn2C2CC2)C1. The summed E-state index contributed by atoms with van der Waals surface area (Å²) >= 11 is 0. The van der Waals surface area contributed by atoms with E-state index in [4.69, 9.17) is 5.73 Å². The Hall–Kier alpha value is -0.870. The summed E-state index contributed by atoms with van der Waals surface area (Å²) in [5.74, 6) is 0.850. The van der Waals surface area contributed by atoms with Crippen molar-refractivity contribution < 1.29 is 0 Å². The Bertz CT molecular complexity index is 437. The van der Waals surface area contributed by atoms with E-state index in [2.05, 4.69) is 28.4 Å². The number of likely N-dealkylation sites (N-methyl/N-ethyl adjacent to an activating group) is 1. The van der Waals surface area contributed by atoms with Crippen molar-refractivity contribution >= 4 is 0 Å². The molecule has 2 fully saturated rings. The summed E-state index contributed by atoms with van der Waals surface area (Å²) in [6.45, 7) is 3.06. The zero-order valence-electron chi connectivity index (χ0n) is 12.8. The lowest BCUT2D eigenvalue weighted by molar-refractivity contribution is 0.117. The van der Waals surface area contributed by atoms with Crippen molar-refractivity contribution in [1.82, 2.24) is 14.5 Å². The van der Waals surface area contributed by atoms with Crippen molar-refractivity contribution in [2.75, 3.05) is 13.6 Å². The summed E-state index contributed by atoms with van der Waals surface area (Å²) in [5, 5.41) is 0. The summed E-state index contributed by atoms with van der Waals surface area (Å²) in [5.41, 5.74) is 7.43. The molecule has 4 heteroatoms. The Morgan fingerprint density at radius 3 is 2.85 bits per heavy atom. The maximum atomic E-state index is 6.11. The van der Waals surface area contributed by atoms with E-state index in [9.17, 15) is 0 Å². The maximum absolute atomic E-state index is 6.11. The average molecular weight is 276 g/mol. The number of rotatable bonds is 5. The number of imidazole rings is 1. The number of nitrogens with zero attached hydrogens (tertiary/aromatic N) is 3. The summed E-state index contributed by atoms with van der Waals surface area (Å²) in [7, 11) is 2.25. The van der Waals surface area contributed by atoms with Crippen LogP contribution in [0.3, 0.4) is 0 Å². The van der Waals surface area contributed by atoms with Crippen molar-refractivity contribution in [3.63, 3.8) is 0 Å². The molecule has 20 heavy (non-hydrogen) atoms. The van der Waals surface area contributed by atoms with Crippen molar-refractivity contribution in [1.29, 1.82) is 0 Å². The van der Waals surface area contributed by atoms with Crippen LogP contribution in [0.15, 0.2) is 12.5 Å². The number of nitrogens with two attached hydrogens (primary N) is 1. The van der Waals surface area contributed by atoms with Gasteiger partial charge in [0.2, 0.25) is 0 Å². The van der Waals surface area contributed by atoms with E-state index in [1.165, 1.54) is 44.2 Å². The minimum atomic E-state index is 0.313. The maximum Gasteiger partial charge on any atom is 0.0951 e. The zero-order chi connectivity index (χ0) is 14.1. The lowest BCUT2D eigenvalue weighted by Gasteiger charge is -2.38. The molecule has 3 atom stereocenters. The molecule has 2 N–H and O–H groups in total. The van der Waals surface area contributed by atoms with Gasteiger partial charge in [-0.1, -0.05) is 19.8 Å². The molecule has 4 nitrogen and oxygen atoms in total. The normalized spacial score (nSPS) is 28.8. The Kier molecular flexibility index (Phi) is 4.13. The van der Waals surface area contributed by atoms with Gasteiger partial charge in [0.1, 0.15) is 0 Å². The molecule has 0 aromatic carbocycles. The third-order valence-electron chi connectivity index (χ3n) is 5.18. The second kappa shape index (κ2) is 5.86. The van der Waals surface area contributed by atoms with Gasteiger partial charge >= 0.3 is 0 Å². The fourth-order valence-corrected chi connectivity index (χ4v) is 3.75. The molecule has 1 aromatic rings. The highest BCUT2D eigenvalue weighted by atomic mass is 15.2. The van der Waals surface area contributed by atoms with Crippen LogP contribution in [0.4, 0.5) is 0 Å². The van der Waals surface area contributed by atoms with Gasteiger partial charge in [-0.3, -0.25) is 4.90 Å². The first-order chi connectivity index (χ1) is 9.70. The Balaban J connectivity index is 1.76. The lowest BCUT2D eigenvalue weighted by Crippen LogP contribution is -2.41. The standard InChI is InChI=1S/C16H28N4/c1-12-4-3-5-14(8-12)19(2)15(9-17)16-10-18-11-20(16)13-6-7-13/h10-15H,3-9,17H2,1-2H3. The van der Waals surface area contributed by atoms with Gasteiger partial charge < -0.3 is 10.3 Å². The van der Waals surface area contributed by atoms with Crippen molar-refractivity contribution in [2.45, 2.75) is 63.6 Å². The highest BCUT2D eigenvalue weighted by molar-refractivity contribution is 5.10. The molecule has 2 aliphatic rings. The molecular formula is C16H28N4. The first-order valence-corrected chi connectivity index (χ1v) is 8.14. The lowest BCUT2D eigenvalue weighted by atomic mass is 9.85. The van der Waals surface area contributed by atoms with Gasteiger partial charge in [0.15, 0.2) is 0 Å². The van der Waals surface area contributed by atoms with E-state index in [1.54, 1.807) is 0 Å². The van der Waals surface area contributed by atoms with E-state index in [1.807, 2.05) is 12.5 Å². The third kappa shape index (κ3) is 2.77. The van der Waals surface area contributed by atoms with Gasteiger partial charge in [0.25, 0.3) is 0 Å². The van der Waals surface area contributed by atoms with E-state index >= 15 is 0 Å². The second-order valence-corrected chi connectivity index (χ2v) is 6.80. The quantitative estimate of drug-likeness (QED) is 0.899. The number of hydrogen-bond donors (Lipinski definition) is 1. The van der Waals surface area contributed by atoms with Crippen molar-refractivity contribution in [2.24, 2.45) is 11.7 Å².